The quantitative estimate of drug-likeness (QED) is 0.520. The maximum atomic E-state index is 9.12. The van der Waals surface area contributed by atoms with Crippen molar-refractivity contribution in [2.75, 3.05) is 11.1 Å². The minimum absolute atomic E-state index is 0.165. The fourth-order valence-corrected chi connectivity index (χ4v) is 4.14. The molecule has 0 unspecified atom stereocenters. The van der Waals surface area contributed by atoms with Crippen molar-refractivity contribution in [3.05, 3.63) is 46.1 Å². The number of nitrogens with one attached hydrogen (secondary N) is 1. The van der Waals surface area contributed by atoms with Gasteiger partial charge in [0.05, 0.1) is 11.1 Å². The highest BCUT2D eigenvalue weighted by molar-refractivity contribution is 7.97. The average Bonchev–Trinajstić information content (AvgIpc) is 3.32. The first-order chi connectivity index (χ1) is 13.1. The molecule has 0 aliphatic heterocycles. The Hall–Kier alpha value is -3.25. The highest BCUT2D eigenvalue weighted by Crippen LogP contribution is 2.32. The molecule has 0 radical (unpaired) electrons. The van der Waals surface area contributed by atoms with Crippen LogP contribution >= 0.6 is 34.9 Å². The van der Waals surface area contributed by atoms with Gasteiger partial charge in [0.1, 0.15) is 17.2 Å². The minimum Gasteiger partial charge on any atom is -0.367 e. The Morgan fingerprint density at radius 1 is 1.22 bits per heavy atom. The molecular formula is C15H8ClN9S2. The van der Waals surface area contributed by atoms with Gasteiger partial charge in [0, 0.05) is 29.2 Å². The lowest BCUT2D eigenvalue weighted by atomic mass is 10.1. The van der Waals surface area contributed by atoms with Crippen molar-refractivity contribution in [1.82, 2.24) is 23.6 Å². The second-order valence-corrected chi connectivity index (χ2v) is 7.28. The van der Waals surface area contributed by atoms with E-state index in [1.165, 1.54) is 27.4 Å². The van der Waals surface area contributed by atoms with E-state index in [0.29, 0.717) is 21.4 Å². The third-order valence-corrected chi connectivity index (χ3v) is 5.61. The molecule has 0 saturated carbocycles. The number of benzene rings is 1. The van der Waals surface area contributed by atoms with Crippen molar-refractivity contribution in [1.29, 1.82) is 10.5 Å². The van der Waals surface area contributed by atoms with Gasteiger partial charge >= 0.3 is 0 Å². The Morgan fingerprint density at radius 2 is 2.04 bits per heavy atom. The Labute approximate surface area is 165 Å². The number of nitrogen functional groups attached to an aromatic ring is 1. The molecule has 0 amide bonds. The zero-order valence-electron chi connectivity index (χ0n) is 13.3. The average molecular weight is 414 g/mol. The first-order valence-electron chi connectivity index (χ1n) is 7.32. The fourth-order valence-electron chi connectivity index (χ4n) is 2.27. The smallest absolute Gasteiger partial charge is 0.249 e. The summed E-state index contributed by atoms with van der Waals surface area (Å²) in [4.78, 5) is 9.19. The molecule has 0 saturated heterocycles. The first-order valence-corrected chi connectivity index (χ1v) is 9.35. The summed E-state index contributed by atoms with van der Waals surface area (Å²) in [6.45, 7) is 0. The number of nitrogens with zero attached hydrogens (tertiary/aromatic N) is 7. The van der Waals surface area contributed by atoms with Crippen molar-refractivity contribution in [2.24, 2.45) is 0 Å². The molecule has 9 nitrogen and oxygen atoms in total. The third-order valence-electron chi connectivity index (χ3n) is 3.47. The van der Waals surface area contributed by atoms with Crippen LogP contribution in [0.4, 0.5) is 17.6 Å². The van der Waals surface area contributed by atoms with Gasteiger partial charge in [-0.2, -0.15) is 19.6 Å². The zero-order chi connectivity index (χ0) is 19.0. The van der Waals surface area contributed by atoms with E-state index in [1.807, 2.05) is 28.1 Å². The standard InChI is InChI=1S/C15H8ClN9S2/c16-11-12(24-3-4-26-15(24)21-11)27-25-13(19)22-14(23-25)20-10-2-1-8(6-17)9(5-10)7-18/h1-5H,(H3,19,20,22,23). The van der Waals surface area contributed by atoms with Crippen LogP contribution in [-0.2, 0) is 0 Å². The lowest BCUT2D eigenvalue weighted by Crippen LogP contribution is -1.98. The maximum absolute atomic E-state index is 9.12. The van der Waals surface area contributed by atoms with Crippen LogP contribution in [0.1, 0.15) is 11.1 Å². The summed E-state index contributed by atoms with van der Waals surface area (Å²) >= 11 is 8.84. The van der Waals surface area contributed by atoms with Crippen molar-refractivity contribution >= 4 is 57.4 Å². The number of hydrogen-bond acceptors (Lipinski definition) is 9. The molecule has 1 aromatic carbocycles. The molecule has 132 valence electrons. The van der Waals surface area contributed by atoms with E-state index >= 15 is 0 Å². The summed E-state index contributed by atoms with van der Waals surface area (Å²) < 4.78 is 3.26. The van der Waals surface area contributed by atoms with E-state index in [1.54, 1.807) is 18.2 Å². The summed E-state index contributed by atoms with van der Waals surface area (Å²) in [6, 6.07) is 8.70. The number of fused-ring (bicyclic) bond motifs is 1. The molecule has 3 heterocycles. The summed E-state index contributed by atoms with van der Waals surface area (Å²) in [5, 5.41) is 28.3. The van der Waals surface area contributed by atoms with Crippen LogP contribution in [0.15, 0.2) is 34.8 Å². The van der Waals surface area contributed by atoms with Gasteiger partial charge in [0.2, 0.25) is 11.9 Å². The number of imidazole rings is 1. The predicted molar refractivity (Wildman–Crippen MR) is 103 cm³/mol. The number of anilines is 3. The number of rotatable bonds is 4. The highest BCUT2D eigenvalue weighted by Gasteiger charge is 2.16. The van der Waals surface area contributed by atoms with Crippen molar-refractivity contribution < 1.29 is 0 Å². The van der Waals surface area contributed by atoms with Gasteiger partial charge in [0.15, 0.2) is 10.1 Å². The fraction of sp³-hybridized carbons (Fsp3) is 0. The molecule has 4 rings (SSSR count). The summed E-state index contributed by atoms with van der Waals surface area (Å²) in [5.41, 5.74) is 7.07. The summed E-state index contributed by atoms with van der Waals surface area (Å²) in [5.74, 6) is 0.411. The lowest BCUT2D eigenvalue weighted by molar-refractivity contribution is 0.993. The number of halogens is 1. The molecule has 3 N–H and O–H groups in total. The number of aromatic nitrogens is 5. The summed E-state index contributed by atoms with van der Waals surface area (Å²) in [7, 11) is 0. The van der Waals surface area contributed by atoms with Crippen LogP contribution in [0.3, 0.4) is 0 Å². The van der Waals surface area contributed by atoms with Gasteiger partial charge < -0.3 is 11.1 Å². The van der Waals surface area contributed by atoms with Crippen LogP contribution in [0.5, 0.6) is 0 Å². The van der Waals surface area contributed by atoms with Crippen LogP contribution in [0.2, 0.25) is 5.15 Å². The number of thiazole rings is 1. The number of nitriles is 2. The lowest BCUT2D eigenvalue weighted by Gasteiger charge is -2.03. The summed E-state index contributed by atoms with van der Waals surface area (Å²) in [6.07, 6.45) is 1.85. The Balaban J connectivity index is 1.61. The van der Waals surface area contributed by atoms with E-state index in [4.69, 9.17) is 27.9 Å². The Morgan fingerprint density at radius 3 is 2.81 bits per heavy atom. The maximum Gasteiger partial charge on any atom is 0.249 e. The molecule has 0 aliphatic carbocycles. The Kier molecular flexibility index (Phi) is 4.33. The zero-order valence-corrected chi connectivity index (χ0v) is 15.7. The van der Waals surface area contributed by atoms with E-state index in [9.17, 15) is 0 Å². The predicted octanol–water partition coefficient (Wildman–Crippen LogP) is 3.27. The molecule has 4 aromatic rings. The van der Waals surface area contributed by atoms with E-state index in [0.717, 1.165) is 4.96 Å². The minimum atomic E-state index is 0.165. The van der Waals surface area contributed by atoms with Crippen LogP contribution in [0, 0.1) is 22.7 Å². The van der Waals surface area contributed by atoms with E-state index in [-0.39, 0.29) is 17.5 Å². The van der Waals surface area contributed by atoms with Gasteiger partial charge in [0.25, 0.3) is 0 Å². The Bertz CT molecular complexity index is 1240. The van der Waals surface area contributed by atoms with Gasteiger partial charge in [-0.15, -0.1) is 16.4 Å². The van der Waals surface area contributed by atoms with Crippen LogP contribution in [0.25, 0.3) is 4.96 Å². The van der Waals surface area contributed by atoms with Gasteiger partial charge in [-0.3, -0.25) is 4.40 Å². The monoisotopic (exact) mass is 413 g/mol. The second-order valence-electron chi connectivity index (χ2n) is 5.13. The second kappa shape index (κ2) is 6.81. The topological polar surface area (TPSA) is 134 Å². The molecule has 0 fully saturated rings. The van der Waals surface area contributed by atoms with Gasteiger partial charge in [-0.05, 0) is 18.2 Å². The normalized spacial score (nSPS) is 10.6. The molecule has 27 heavy (non-hydrogen) atoms. The highest BCUT2D eigenvalue weighted by atomic mass is 35.5. The molecule has 0 bridgehead atoms. The molecular weight excluding hydrogens is 406 g/mol. The number of nitrogens with two attached hydrogens (primary N) is 1. The van der Waals surface area contributed by atoms with Crippen molar-refractivity contribution in [2.45, 2.75) is 5.03 Å². The van der Waals surface area contributed by atoms with Crippen molar-refractivity contribution in [3.8, 4) is 12.1 Å². The van der Waals surface area contributed by atoms with Crippen LogP contribution < -0.4 is 11.1 Å². The largest absolute Gasteiger partial charge is 0.367 e. The molecule has 0 spiro atoms. The van der Waals surface area contributed by atoms with E-state index in [2.05, 4.69) is 20.4 Å². The first kappa shape index (κ1) is 17.2. The molecule has 0 atom stereocenters. The number of hydrogen-bond donors (Lipinski definition) is 2. The van der Waals surface area contributed by atoms with Crippen LogP contribution in [-0.4, -0.2) is 23.6 Å². The molecule has 0 aliphatic rings. The third kappa shape index (κ3) is 3.15. The molecule has 3 aromatic heterocycles. The molecule has 12 heteroatoms. The van der Waals surface area contributed by atoms with Gasteiger partial charge in [-0.1, -0.05) is 11.6 Å². The van der Waals surface area contributed by atoms with Gasteiger partial charge in [-0.25, -0.2) is 4.98 Å². The SMILES string of the molecule is N#Cc1ccc(Nc2nc(N)n(Sc3c(Cl)nc4sccn34)n2)cc1C#N. The van der Waals surface area contributed by atoms with E-state index < -0.39 is 0 Å². The van der Waals surface area contributed by atoms with Crippen molar-refractivity contribution in [3.63, 3.8) is 0 Å².